The fraction of sp³-hybridized carbons (Fsp3) is 0.778. The standard InChI is InChI=1S/C9H17NO3S/c1-7(2)14-6-8(11)10(3)5-4-9(12)13/h7H,4-6H2,1-3H3,(H,12,13). The Balaban J connectivity index is 3.70. The van der Waals surface area contributed by atoms with E-state index in [1.54, 1.807) is 18.8 Å². The third kappa shape index (κ3) is 6.77. The minimum atomic E-state index is -0.874. The zero-order valence-corrected chi connectivity index (χ0v) is 9.63. The van der Waals surface area contributed by atoms with Crippen molar-refractivity contribution >= 4 is 23.6 Å². The van der Waals surface area contributed by atoms with Gasteiger partial charge in [0, 0.05) is 13.6 Å². The second-order valence-corrected chi connectivity index (χ2v) is 4.88. The van der Waals surface area contributed by atoms with Crippen LogP contribution in [0, 0.1) is 0 Å². The summed E-state index contributed by atoms with van der Waals surface area (Å²) >= 11 is 1.56. The highest BCUT2D eigenvalue weighted by Gasteiger charge is 2.10. The lowest BCUT2D eigenvalue weighted by Gasteiger charge is -2.16. The van der Waals surface area contributed by atoms with Crippen molar-refractivity contribution in [2.45, 2.75) is 25.5 Å². The normalized spacial score (nSPS) is 10.3. The molecular formula is C9H17NO3S. The van der Waals surface area contributed by atoms with Crippen LogP contribution in [-0.4, -0.2) is 46.5 Å². The third-order valence-corrected chi connectivity index (χ3v) is 2.71. The molecule has 0 rings (SSSR count). The summed E-state index contributed by atoms with van der Waals surface area (Å²) in [6, 6.07) is 0. The highest BCUT2D eigenvalue weighted by atomic mass is 32.2. The maximum absolute atomic E-state index is 11.4. The second kappa shape index (κ2) is 6.70. The second-order valence-electron chi connectivity index (χ2n) is 3.32. The lowest BCUT2D eigenvalue weighted by Crippen LogP contribution is -2.30. The number of nitrogens with zero attached hydrogens (tertiary/aromatic N) is 1. The monoisotopic (exact) mass is 219 g/mol. The van der Waals surface area contributed by atoms with E-state index in [4.69, 9.17) is 5.11 Å². The van der Waals surface area contributed by atoms with E-state index in [0.29, 0.717) is 11.0 Å². The first-order valence-corrected chi connectivity index (χ1v) is 5.55. The van der Waals surface area contributed by atoms with Gasteiger partial charge in [-0.2, -0.15) is 0 Å². The summed E-state index contributed by atoms with van der Waals surface area (Å²) in [5.74, 6) is -0.459. The molecular weight excluding hydrogens is 202 g/mol. The topological polar surface area (TPSA) is 57.6 Å². The van der Waals surface area contributed by atoms with Crippen LogP contribution in [0.5, 0.6) is 0 Å². The molecule has 0 bridgehead atoms. The zero-order chi connectivity index (χ0) is 11.1. The molecule has 0 atom stereocenters. The Labute approximate surface area is 88.7 Å². The van der Waals surface area contributed by atoms with Crippen molar-refractivity contribution in [1.82, 2.24) is 4.90 Å². The summed E-state index contributed by atoms with van der Waals surface area (Å²) in [4.78, 5) is 23.1. The minimum absolute atomic E-state index is 0.00852. The van der Waals surface area contributed by atoms with Gasteiger partial charge in [0.25, 0.3) is 0 Å². The molecule has 0 heterocycles. The molecule has 0 aromatic heterocycles. The lowest BCUT2D eigenvalue weighted by atomic mass is 10.4. The van der Waals surface area contributed by atoms with Gasteiger partial charge in [0.15, 0.2) is 0 Å². The van der Waals surface area contributed by atoms with Crippen molar-refractivity contribution in [3.63, 3.8) is 0 Å². The van der Waals surface area contributed by atoms with E-state index in [9.17, 15) is 9.59 Å². The van der Waals surface area contributed by atoms with E-state index in [1.807, 2.05) is 13.8 Å². The number of carboxylic acids is 1. The first-order valence-electron chi connectivity index (χ1n) is 4.51. The van der Waals surface area contributed by atoms with Crippen molar-refractivity contribution in [2.75, 3.05) is 19.3 Å². The molecule has 0 unspecified atom stereocenters. The molecule has 0 aromatic rings. The van der Waals surface area contributed by atoms with Gasteiger partial charge in [0.2, 0.25) is 5.91 Å². The van der Waals surface area contributed by atoms with Gasteiger partial charge < -0.3 is 10.0 Å². The highest BCUT2D eigenvalue weighted by Crippen LogP contribution is 2.09. The molecule has 14 heavy (non-hydrogen) atoms. The van der Waals surface area contributed by atoms with Crippen LogP contribution in [0.15, 0.2) is 0 Å². The number of amides is 1. The summed E-state index contributed by atoms with van der Waals surface area (Å²) in [6.07, 6.45) is 0.00852. The number of hydrogen-bond acceptors (Lipinski definition) is 3. The van der Waals surface area contributed by atoms with Crippen molar-refractivity contribution in [3.8, 4) is 0 Å². The predicted molar refractivity (Wildman–Crippen MR) is 57.5 cm³/mol. The highest BCUT2D eigenvalue weighted by molar-refractivity contribution is 8.00. The Morgan fingerprint density at radius 2 is 2.00 bits per heavy atom. The number of thioether (sulfide) groups is 1. The SMILES string of the molecule is CC(C)SCC(=O)N(C)CCC(=O)O. The van der Waals surface area contributed by atoms with Crippen molar-refractivity contribution in [1.29, 1.82) is 0 Å². The maximum Gasteiger partial charge on any atom is 0.305 e. The van der Waals surface area contributed by atoms with E-state index in [-0.39, 0.29) is 18.9 Å². The molecule has 0 aliphatic carbocycles. The van der Waals surface area contributed by atoms with E-state index < -0.39 is 5.97 Å². The largest absolute Gasteiger partial charge is 0.481 e. The molecule has 0 aliphatic rings. The molecule has 82 valence electrons. The minimum Gasteiger partial charge on any atom is -0.481 e. The number of rotatable bonds is 6. The molecule has 5 heteroatoms. The smallest absolute Gasteiger partial charge is 0.305 e. The number of carbonyl (C=O) groups is 2. The molecule has 0 aromatic carbocycles. The van der Waals surface area contributed by atoms with Crippen LogP contribution in [0.4, 0.5) is 0 Å². The van der Waals surface area contributed by atoms with Gasteiger partial charge in [-0.05, 0) is 5.25 Å². The van der Waals surface area contributed by atoms with Crippen LogP contribution in [0.1, 0.15) is 20.3 Å². The van der Waals surface area contributed by atoms with Gasteiger partial charge in [0.05, 0.1) is 12.2 Å². The summed E-state index contributed by atoms with van der Waals surface area (Å²) in [5, 5.41) is 8.84. The Morgan fingerprint density at radius 3 is 2.43 bits per heavy atom. The van der Waals surface area contributed by atoms with Crippen LogP contribution >= 0.6 is 11.8 Å². The Bertz CT molecular complexity index is 206. The first-order chi connectivity index (χ1) is 6.43. The van der Waals surface area contributed by atoms with Crippen molar-refractivity contribution < 1.29 is 14.7 Å². The summed E-state index contributed by atoms with van der Waals surface area (Å²) in [5.41, 5.74) is 0. The van der Waals surface area contributed by atoms with Gasteiger partial charge in [-0.15, -0.1) is 11.8 Å². The average Bonchev–Trinajstić information content (AvgIpc) is 2.09. The summed E-state index contributed by atoms with van der Waals surface area (Å²) < 4.78 is 0. The van der Waals surface area contributed by atoms with Crippen LogP contribution in [0.2, 0.25) is 0 Å². The van der Waals surface area contributed by atoms with Crippen molar-refractivity contribution in [2.24, 2.45) is 0 Å². The summed E-state index contributed by atoms with van der Waals surface area (Å²) in [6.45, 7) is 4.33. The number of carbonyl (C=O) groups excluding carboxylic acids is 1. The molecule has 1 amide bonds. The lowest BCUT2D eigenvalue weighted by molar-refractivity contribution is -0.137. The van der Waals surface area contributed by atoms with Gasteiger partial charge in [-0.1, -0.05) is 13.8 Å². The maximum atomic E-state index is 11.4. The molecule has 0 spiro atoms. The van der Waals surface area contributed by atoms with Crippen molar-refractivity contribution in [3.05, 3.63) is 0 Å². The quantitative estimate of drug-likeness (QED) is 0.725. The van der Waals surface area contributed by atoms with Gasteiger partial charge >= 0.3 is 5.97 Å². The van der Waals surface area contributed by atoms with Crippen LogP contribution < -0.4 is 0 Å². The Hall–Kier alpha value is -0.710. The van der Waals surface area contributed by atoms with E-state index in [0.717, 1.165) is 0 Å². The fourth-order valence-corrected chi connectivity index (χ4v) is 1.43. The molecule has 4 nitrogen and oxygen atoms in total. The fourth-order valence-electron chi connectivity index (χ4n) is 0.736. The predicted octanol–water partition coefficient (Wildman–Crippen LogP) is 1.06. The van der Waals surface area contributed by atoms with Crippen LogP contribution in [0.3, 0.4) is 0 Å². The number of hydrogen-bond donors (Lipinski definition) is 1. The van der Waals surface area contributed by atoms with E-state index in [2.05, 4.69) is 0 Å². The zero-order valence-electron chi connectivity index (χ0n) is 8.82. The number of aliphatic carboxylic acids is 1. The van der Waals surface area contributed by atoms with Gasteiger partial charge in [0.1, 0.15) is 0 Å². The molecule has 0 saturated heterocycles. The van der Waals surface area contributed by atoms with Gasteiger partial charge in [-0.25, -0.2) is 0 Å². The first kappa shape index (κ1) is 13.3. The third-order valence-electron chi connectivity index (χ3n) is 1.63. The molecule has 0 fully saturated rings. The van der Waals surface area contributed by atoms with Crippen LogP contribution in [0.25, 0.3) is 0 Å². The molecule has 0 radical (unpaired) electrons. The number of carboxylic acid groups (broad SMARTS) is 1. The average molecular weight is 219 g/mol. The molecule has 0 saturated carbocycles. The van der Waals surface area contributed by atoms with E-state index >= 15 is 0 Å². The molecule has 1 N–H and O–H groups in total. The Morgan fingerprint density at radius 1 is 1.43 bits per heavy atom. The molecule has 0 aliphatic heterocycles. The Kier molecular flexibility index (Phi) is 6.36. The summed E-state index contributed by atoms with van der Waals surface area (Å²) in [7, 11) is 1.63. The van der Waals surface area contributed by atoms with Gasteiger partial charge in [-0.3, -0.25) is 9.59 Å². The van der Waals surface area contributed by atoms with Crippen LogP contribution in [-0.2, 0) is 9.59 Å². The van der Waals surface area contributed by atoms with E-state index in [1.165, 1.54) is 4.90 Å².